The first-order valence-corrected chi connectivity index (χ1v) is 7.53. The summed E-state index contributed by atoms with van der Waals surface area (Å²) in [4.78, 5) is 13.2. The topological polar surface area (TPSA) is 59.9 Å². The Morgan fingerprint density at radius 3 is 2.45 bits per heavy atom. The van der Waals surface area contributed by atoms with E-state index in [0.717, 1.165) is 16.4 Å². The van der Waals surface area contributed by atoms with Gasteiger partial charge in [0.05, 0.1) is 12.1 Å². The van der Waals surface area contributed by atoms with Crippen molar-refractivity contribution >= 4 is 17.3 Å². The Bertz CT molecular complexity index is 582. The van der Waals surface area contributed by atoms with Gasteiger partial charge in [-0.1, -0.05) is 0 Å². The molecule has 0 fully saturated rings. The smallest absolute Gasteiger partial charge is 0.226 e. The van der Waals surface area contributed by atoms with E-state index in [4.69, 9.17) is 4.74 Å². The van der Waals surface area contributed by atoms with E-state index >= 15 is 0 Å². The number of rotatable bonds is 5. The van der Waals surface area contributed by atoms with Crippen LogP contribution >= 0.6 is 11.3 Å². The number of hydrogen-bond acceptors (Lipinski definition) is 6. The van der Waals surface area contributed by atoms with E-state index in [1.165, 1.54) is 0 Å². The average molecular weight is 292 g/mol. The largest absolute Gasteiger partial charge is 0.475 e. The maximum atomic E-state index is 5.62. The molecule has 0 spiro atoms. The van der Waals surface area contributed by atoms with Crippen molar-refractivity contribution in [3.63, 3.8) is 0 Å². The summed E-state index contributed by atoms with van der Waals surface area (Å²) in [7, 11) is 0. The Morgan fingerprint density at radius 1 is 1.10 bits per heavy atom. The van der Waals surface area contributed by atoms with E-state index in [1.807, 2.05) is 46.1 Å². The van der Waals surface area contributed by atoms with Gasteiger partial charge in [0, 0.05) is 22.8 Å². The van der Waals surface area contributed by atoms with Crippen molar-refractivity contribution in [1.29, 1.82) is 0 Å². The highest BCUT2D eigenvalue weighted by Gasteiger charge is 2.12. The van der Waals surface area contributed by atoms with E-state index in [9.17, 15) is 0 Å². The van der Waals surface area contributed by atoms with Crippen LogP contribution in [0.3, 0.4) is 0 Å². The maximum Gasteiger partial charge on any atom is 0.226 e. The van der Waals surface area contributed by atoms with Gasteiger partial charge < -0.3 is 10.1 Å². The van der Waals surface area contributed by atoms with Crippen molar-refractivity contribution in [3.8, 4) is 5.88 Å². The molecular weight excluding hydrogens is 272 g/mol. The molecule has 0 bridgehead atoms. The Kier molecular flexibility index (Phi) is 4.54. The average Bonchev–Trinajstić information content (AvgIpc) is 2.74. The molecule has 1 atom stereocenters. The van der Waals surface area contributed by atoms with E-state index in [2.05, 4.69) is 20.3 Å². The van der Waals surface area contributed by atoms with E-state index in [-0.39, 0.29) is 12.1 Å². The molecule has 0 radical (unpaired) electrons. The fourth-order valence-corrected chi connectivity index (χ4v) is 2.54. The van der Waals surface area contributed by atoms with Gasteiger partial charge in [0.15, 0.2) is 0 Å². The van der Waals surface area contributed by atoms with Crippen molar-refractivity contribution in [1.82, 2.24) is 15.0 Å². The highest BCUT2D eigenvalue weighted by molar-refractivity contribution is 7.09. The number of ether oxygens (including phenoxy) is 1. The molecule has 0 aliphatic heterocycles. The zero-order valence-electron chi connectivity index (χ0n) is 12.5. The molecule has 2 aromatic heterocycles. The van der Waals surface area contributed by atoms with Crippen LogP contribution in [-0.4, -0.2) is 21.1 Å². The SMILES string of the molecule is Cc1cc(OC(C)C)nc(NC(C)c2nc(C)cs2)n1. The Morgan fingerprint density at radius 2 is 1.85 bits per heavy atom. The normalized spacial score (nSPS) is 12.5. The number of aryl methyl sites for hydroxylation is 2. The molecule has 20 heavy (non-hydrogen) atoms. The third-order valence-corrected chi connectivity index (χ3v) is 3.69. The third kappa shape index (κ3) is 3.90. The van der Waals surface area contributed by atoms with Crippen LogP contribution in [0.4, 0.5) is 5.95 Å². The van der Waals surface area contributed by atoms with Crippen LogP contribution in [0.1, 0.15) is 43.2 Å². The second-order valence-electron chi connectivity index (χ2n) is 5.03. The fourth-order valence-electron chi connectivity index (χ4n) is 1.73. The van der Waals surface area contributed by atoms with Gasteiger partial charge in [-0.2, -0.15) is 4.98 Å². The molecule has 0 aliphatic carbocycles. The molecule has 2 heterocycles. The summed E-state index contributed by atoms with van der Waals surface area (Å²) in [6.07, 6.45) is 0.0937. The van der Waals surface area contributed by atoms with Crippen LogP contribution in [0.5, 0.6) is 5.88 Å². The molecule has 6 heteroatoms. The predicted molar refractivity (Wildman–Crippen MR) is 81.4 cm³/mol. The highest BCUT2D eigenvalue weighted by atomic mass is 32.1. The second-order valence-corrected chi connectivity index (χ2v) is 5.92. The van der Waals surface area contributed by atoms with Crippen LogP contribution in [0.15, 0.2) is 11.4 Å². The Balaban J connectivity index is 2.14. The number of aromatic nitrogens is 3. The van der Waals surface area contributed by atoms with Crippen molar-refractivity contribution in [2.45, 2.75) is 46.8 Å². The predicted octanol–water partition coefficient (Wildman–Crippen LogP) is 3.51. The lowest BCUT2D eigenvalue weighted by atomic mass is 10.3. The van der Waals surface area contributed by atoms with Crippen molar-refractivity contribution < 1.29 is 4.74 Å². The summed E-state index contributed by atoms with van der Waals surface area (Å²) in [5, 5.41) is 6.34. The molecule has 0 amide bonds. The minimum Gasteiger partial charge on any atom is -0.475 e. The fraction of sp³-hybridized carbons (Fsp3) is 0.500. The minimum atomic E-state index is 0.0717. The van der Waals surface area contributed by atoms with Crippen LogP contribution in [0.25, 0.3) is 0 Å². The van der Waals surface area contributed by atoms with Gasteiger partial charge >= 0.3 is 0 Å². The lowest BCUT2D eigenvalue weighted by Crippen LogP contribution is -2.12. The molecule has 108 valence electrons. The summed E-state index contributed by atoms with van der Waals surface area (Å²) in [6, 6.07) is 1.91. The summed E-state index contributed by atoms with van der Waals surface area (Å²) < 4.78 is 5.62. The van der Waals surface area contributed by atoms with Gasteiger partial charge in [0.2, 0.25) is 11.8 Å². The molecule has 5 nitrogen and oxygen atoms in total. The van der Waals surface area contributed by atoms with Gasteiger partial charge in [-0.25, -0.2) is 9.97 Å². The Hall–Kier alpha value is -1.69. The van der Waals surface area contributed by atoms with Gasteiger partial charge in [-0.3, -0.25) is 0 Å². The van der Waals surface area contributed by atoms with Crippen molar-refractivity contribution in [3.05, 3.63) is 27.8 Å². The molecule has 0 aromatic carbocycles. The molecule has 1 N–H and O–H groups in total. The Labute approximate surface area is 123 Å². The highest BCUT2D eigenvalue weighted by Crippen LogP contribution is 2.22. The maximum absolute atomic E-state index is 5.62. The van der Waals surface area contributed by atoms with E-state index < -0.39 is 0 Å². The molecule has 0 saturated carbocycles. The first-order valence-electron chi connectivity index (χ1n) is 6.65. The van der Waals surface area contributed by atoms with Crippen LogP contribution in [0, 0.1) is 13.8 Å². The zero-order chi connectivity index (χ0) is 14.7. The number of nitrogens with zero attached hydrogens (tertiary/aromatic N) is 3. The zero-order valence-corrected chi connectivity index (χ0v) is 13.3. The molecule has 0 aliphatic rings. The quantitative estimate of drug-likeness (QED) is 0.913. The van der Waals surface area contributed by atoms with Crippen molar-refractivity contribution in [2.24, 2.45) is 0 Å². The second kappa shape index (κ2) is 6.17. The number of anilines is 1. The lowest BCUT2D eigenvalue weighted by Gasteiger charge is -2.14. The van der Waals surface area contributed by atoms with Gasteiger partial charge in [-0.15, -0.1) is 11.3 Å². The summed E-state index contributed by atoms with van der Waals surface area (Å²) in [6.45, 7) is 9.92. The first kappa shape index (κ1) is 14.7. The van der Waals surface area contributed by atoms with Gasteiger partial charge in [0.1, 0.15) is 5.01 Å². The summed E-state index contributed by atoms with van der Waals surface area (Å²) in [5.74, 6) is 1.17. The summed E-state index contributed by atoms with van der Waals surface area (Å²) >= 11 is 1.64. The molecule has 2 rings (SSSR count). The third-order valence-electron chi connectivity index (χ3n) is 2.54. The number of nitrogens with one attached hydrogen (secondary N) is 1. The van der Waals surface area contributed by atoms with Crippen molar-refractivity contribution in [2.75, 3.05) is 5.32 Å². The molecule has 1 unspecified atom stereocenters. The number of thiazole rings is 1. The molecule has 2 aromatic rings. The monoisotopic (exact) mass is 292 g/mol. The van der Waals surface area contributed by atoms with E-state index in [1.54, 1.807) is 11.3 Å². The van der Waals surface area contributed by atoms with Crippen LogP contribution in [-0.2, 0) is 0 Å². The van der Waals surface area contributed by atoms with Gasteiger partial charge in [0.25, 0.3) is 0 Å². The number of hydrogen-bond donors (Lipinski definition) is 1. The summed E-state index contributed by atoms with van der Waals surface area (Å²) in [5.41, 5.74) is 1.91. The van der Waals surface area contributed by atoms with Crippen LogP contribution < -0.4 is 10.1 Å². The lowest BCUT2D eigenvalue weighted by molar-refractivity contribution is 0.232. The van der Waals surface area contributed by atoms with Crippen LogP contribution in [0.2, 0.25) is 0 Å². The standard InChI is InChI=1S/C14H20N4OS/c1-8(2)19-12-6-9(3)16-14(18-12)17-11(5)13-15-10(4)7-20-13/h6-8,11H,1-5H3,(H,16,17,18). The molecular formula is C14H20N4OS. The van der Waals surface area contributed by atoms with E-state index in [0.29, 0.717) is 11.8 Å². The minimum absolute atomic E-state index is 0.0717. The molecule has 0 saturated heterocycles. The first-order chi connectivity index (χ1) is 9.44. The van der Waals surface area contributed by atoms with Gasteiger partial charge in [-0.05, 0) is 34.6 Å².